The third kappa shape index (κ3) is 5.36. The largest absolute Gasteiger partial charge is 0.391 e. The van der Waals surface area contributed by atoms with Gasteiger partial charge in [0.2, 0.25) is 10.0 Å². The van der Waals surface area contributed by atoms with Gasteiger partial charge >= 0.3 is 6.03 Å². The Morgan fingerprint density at radius 1 is 1.30 bits per heavy atom. The van der Waals surface area contributed by atoms with Crippen LogP contribution in [0.5, 0.6) is 0 Å². The summed E-state index contributed by atoms with van der Waals surface area (Å²) in [5.41, 5.74) is -0.0108. The van der Waals surface area contributed by atoms with Crippen LogP contribution >= 0.6 is 0 Å². The summed E-state index contributed by atoms with van der Waals surface area (Å²) in [5, 5.41) is 14.8. The van der Waals surface area contributed by atoms with E-state index in [2.05, 4.69) is 15.4 Å². The van der Waals surface area contributed by atoms with Gasteiger partial charge in [0.15, 0.2) is 0 Å². The summed E-state index contributed by atoms with van der Waals surface area (Å²) in [7, 11) is -3.50. The first-order chi connectivity index (χ1) is 10.7. The third-order valence-electron chi connectivity index (χ3n) is 3.56. The summed E-state index contributed by atoms with van der Waals surface area (Å²) in [4.78, 5) is 11.9. The maximum absolute atomic E-state index is 13.7. The third-order valence-corrected chi connectivity index (χ3v) is 4.17. The molecule has 0 saturated heterocycles. The molecule has 0 radical (unpaired) electrons. The van der Waals surface area contributed by atoms with Gasteiger partial charge in [-0.05, 0) is 31.0 Å². The second-order valence-electron chi connectivity index (χ2n) is 5.63. The van der Waals surface area contributed by atoms with E-state index in [4.69, 9.17) is 0 Å². The highest BCUT2D eigenvalue weighted by atomic mass is 32.2. The van der Waals surface area contributed by atoms with Crippen LogP contribution in [0.4, 0.5) is 20.6 Å². The molecule has 1 aromatic rings. The van der Waals surface area contributed by atoms with Crippen LogP contribution < -0.4 is 15.4 Å². The van der Waals surface area contributed by atoms with Crippen LogP contribution in [-0.4, -0.2) is 38.0 Å². The highest BCUT2D eigenvalue weighted by molar-refractivity contribution is 7.92. The van der Waals surface area contributed by atoms with Gasteiger partial charge in [0.05, 0.1) is 29.8 Å². The Hall–Kier alpha value is -1.87. The first-order valence-electron chi connectivity index (χ1n) is 7.27. The summed E-state index contributed by atoms with van der Waals surface area (Å²) in [6, 6.07) is 2.48. The molecule has 0 aromatic heterocycles. The van der Waals surface area contributed by atoms with Crippen molar-refractivity contribution in [2.45, 2.75) is 37.8 Å². The van der Waals surface area contributed by atoms with E-state index in [1.807, 2.05) is 0 Å². The quantitative estimate of drug-likeness (QED) is 0.665. The lowest BCUT2D eigenvalue weighted by Gasteiger charge is -2.28. The van der Waals surface area contributed by atoms with Gasteiger partial charge in [-0.1, -0.05) is 12.8 Å². The molecule has 2 atom stereocenters. The van der Waals surface area contributed by atoms with E-state index in [0.717, 1.165) is 25.2 Å². The first-order valence-corrected chi connectivity index (χ1v) is 9.16. The van der Waals surface area contributed by atoms with Crippen molar-refractivity contribution in [1.82, 2.24) is 5.32 Å². The molecule has 0 spiro atoms. The summed E-state index contributed by atoms with van der Waals surface area (Å²) in [5.74, 6) is -0.691. The fourth-order valence-electron chi connectivity index (χ4n) is 2.51. The lowest BCUT2D eigenvalue weighted by molar-refractivity contribution is 0.0955. The zero-order valence-electron chi connectivity index (χ0n) is 12.7. The van der Waals surface area contributed by atoms with E-state index in [1.165, 1.54) is 12.1 Å². The molecule has 1 aliphatic rings. The predicted molar refractivity (Wildman–Crippen MR) is 85.3 cm³/mol. The molecule has 23 heavy (non-hydrogen) atoms. The Bertz CT molecular complexity index is 681. The van der Waals surface area contributed by atoms with Crippen LogP contribution in [0.25, 0.3) is 0 Å². The maximum atomic E-state index is 13.7. The number of carbonyl (C=O) groups is 1. The fraction of sp³-hybridized carbons (Fsp3) is 0.500. The van der Waals surface area contributed by atoms with Crippen molar-refractivity contribution < 1.29 is 22.7 Å². The lowest BCUT2D eigenvalue weighted by atomic mass is 9.93. The van der Waals surface area contributed by atoms with Gasteiger partial charge in [-0.25, -0.2) is 17.6 Å². The van der Waals surface area contributed by atoms with Gasteiger partial charge in [-0.15, -0.1) is 0 Å². The predicted octanol–water partition coefficient (Wildman–Crippen LogP) is 1.62. The highest BCUT2D eigenvalue weighted by Gasteiger charge is 2.24. The molecular formula is C14H20FN3O4S. The summed E-state index contributed by atoms with van der Waals surface area (Å²) in [6.45, 7) is 0. The van der Waals surface area contributed by atoms with E-state index in [9.17, 15) is 22.7 Å². The molecule has 0 bridgehead atoms. The van der Waals surface area contributed by atoms with E-state index < -0.39 is 28.0 Å². The van der Waals surface area contributed by atoms with Gasteiger partial charge in [0.25, 0.3) is 0 Å². The van der Waals surface area contributed by atoms with Gasteiger partial charge < -0.3 is 15.7 Å². The van der Waals surface area contributed by atoms with Crippen molar-refractivity contribution in [3.05, 3.63) is 24.0 Å². The molecule has 1 fully saturated rings. The molecule has 4 N–H and O–H groups in total. The Balaban J connectivity index is 2.03. The molecule has 2 amide bonds. The lowest BCUT2D eigenvalue weighted by Crippen LogP contribution is -2.46. The average molecular weight is 345 g/mol. The number of nitrogens with one attached hydrogen (secondary N) is 3. The van der Waals surface area contributed by atoms with E-state index >= 15 is 0 Å². The number of hydrogen-bond acceptors (Lipinski definition) is 4. The average Bonchev–Trinajstić information content (AvgIpc) is 2.43. The van der Waals surface area contributed by atoms with Crippen molar-refractivity contribution in [1.29, 1.82) is 0 Å². The smallest absolute Gasteiger partial charge is 0.319 e. The summed E-state index contributed by atoms with van der Waals surface area (Å²) < 4.78 is 38.3. The van der Waals surface area contributed by atoms with Crippen molar-refractivity contribution in [3.63, 3.8) is 0 Å². The SMILES string of the molecule is CS(=O)(=O)Nc1ccc(F)c(NC(=O)N[C@H]2CCCC[C@@H]2O)c1. The molecule has 1 saturated carbocycles. The normalized spacial score (nSPS) is 21.5. The molecule has 0 unspecified atom stereocenters. The maximum Gasteiger partial charge on any atom is 0.319 e. The first kappa shape index (κ1) is 17.5. The number of aliphatic hydroxyl groups excluding tert-OH is 1. The minimum atomic E-state index is -3.50. The van der Waals surface area contributed by atoms with Crippen molar-refractivity contribution in [2.24, 2.45) is 0 Å². The van der Waals surface area contributed by atoms with Crippen molar-refractivity contribution in [3.8, 4) is 0 Å². The Kier molecular flexibility index (Phi) is 5.42. The monoisotopic (exact) mass is 345 g/mol. The number of anilines is 2. The fourth-order valence-corrected chi connectivity index (χ4v) is 3.06. The molecule has 1 aliphatic carbocycles. The van der Waals surface area contributed by atoms with Gasteiger partial charge in [-0.2, -0.15) is 0 Å². The number of rotatable bonds is 4. The van der Waals surface area contributed by atoms with Crippen LogP contribution in [0.15, 0.2) is 18.2 Å². The number of urea groups is 1. The van der Waals surface area contributed by atoms with Crippen LogP contribution in [0.1, 0.15) is 25.7 Å². The molecule has 128 valence electrons. The number of carbonyl (C=O) groups excluding carboxylic acids is 1. The minimum Gasteiger partial charge on any atom is -0.391 e. The van der Waals surface area contributed by atoms with Crippen LogP contribution in [0.3, 0.4) is 0 Å². The molecular weight excluding hydrogens is 325 g/mol. The van der Waals surface area contributed by atoms with Crippen LogP contribution in [0.2, 0.25) is 0 Å². The van der Waals surface area contributed by atoms with E-state index in [1.54, 1.807) is 0 Å². The molecule has 0 aliphatic heterocycles. The summed E-state index contributed by atoms with van der Waals surface area (Å²) >= 11 is 0. The Morgan fingerprint density at radius 3 is 2.65 bits per heavy atom. The second-order valence-corrected chi connectivity index (χ2v) is 7.37. The summed E-state index contributed by atoms with van der Waals surface area (Å²) in [6.07, 6.45) is 3.46. The second kappa shape index (κ2) is 7.14. The molecule has 0 heterocycles. The van der Waals surface area contributed by atoms with Crippen LogP contribution in [0, 0.1) is 5.82 Å². The molecule has 1 aromatic carbocycles. The Labute approximate surface area is 134 Å². The number of halogens is 1. The molecule has 2 rings (SSSR count). The van der Waals surface area contributed by atoms with Gasteiger partial charge in [-0.3, -0.25) is 4.72 Å². The highest BCUT2D eigenvalue weighted by Crippen LogP contribution is 2.21. The topological polar surface area (TPSA) is 108 Å². The minimum absolute atomic E-state index is 0.141. The molecule has 9 heteroatoms. The number of benzene rings is 1. The van der Waals surface area contributed by atoms with Gasteiger partial charge in [0, 0.05) is 0 Å². The Morgan fingerprint density at radius 2 is 2.00 bits per heavy atom. The van der Waals surface area contributed by atoms with Crippen molar-refractivity contribution in [2.75, 3.05) is 16.3 Å². The number of aliphatic hydroxyl groups is 1. The van der Waals surface area contributed by atoms with Crippen LogP contribution in [-0.2, 0) is 10.0 Å². The molecule has 7 nitrogen and oxygen atoms in total. The number of hydrogen-bond donors (Lipinski definition) is 4. The van der Waals surface area contributed by atoms with Crippen molar-refractivity contribution >= 4 is 27.4 Å². The number of amides is 2. The zero-order valence-corrected chi connectivity index (χ0v) is 13.5. The number of sulfonamides is 1. The standard InChI is InChI=1S/C14H20FN3O4S/c1-23(21,22)18-9-6-7-10(15)12(8-9)17-14(20)16-11-4-2-3-5-13(11)19/h6-8,11,13,18-19H,2-5H2,1H3,(H2,16,17,20)/t11-,13-/m0/s1. The van der Waals surface area contributed by atoms with Gasteiger partial charge in [0.1, 0.15) is 5.82 Å². The zero-order chi connectivity index (χ0) is 17.0. The van der Waals surface area contributed by atoms with E-state index in [0.29, 0.717) is 12.8 Å². The van der Waals surface area contributed by atoms with E-state index in [-0.39, 0.29) is 17.4 Å².